The fraction of sp³-hybridized carbons (Fsp3) is 0.923. The van der Waals surface area contributed by atoms with Crippen molar-refractivity contribution >= 4 is 5.97 Å². The van der Waals surface area contributed by atoms with Crippen molar-refractivity contribution in [3.05, 3.63) is 0 Å². The molecule has 0 saturated heterocycles. The van der Waals surface area contributed by atoms with Gasteiger partial charge in [0.2, 0.25) is 0 Å². The molecule has 1 aliphatic rings. The quantitative estimate of drug-likeness (QED) is 0.547. The minimum absolute atomic E-state index is 0.258. The second-order valence-corrected chi connectivity index (χ2v) is 4.86. The molecule has 0 unspecified atom stereocenters. The number of hydrogen-bond donors (Lipinski definition) is 1. The van der Waals surface area contributed by atoms with Crippen LogP contribution in [0.15, 0.2) is 0 Å². The normalized spacial score (nSPS) is 18.9. The molecule has 0 radical (unpaired) electrons. The Morgan fingerprint density at radius 3 is 2.65 bits per heavy atom. The number of ether oxygens (including phenoxy) is 2. The first-order valence-electron chi connectivity index (χ1n) is 6.65. The molecule has 0 aromatic heterocycles. The Kier molecular flexibility index (Phi) is 7.21. The summed E-state index contributed by atoms with van der Waals surface area (Å²) in [6.45, 7) is 1.02. The molecule has 1 fully saturated rings. The van der Waals surface area contributed by atoms with Gasteiger partial charge in [0.1, 0.15) is 6.04 Å². The number of carbonyl (C=O) groups is 1. The number of nitrogens with two attached hydrogens (primary N) is 1. The first-order valence-corrected chi connectivity index (χ1v) is 6.65. The zero-order valence-electron chi connectivity index (χ0n) is 10.8. The molecule has 1 rings (SSSR count). The van der Waals surface area contributed by atoms with E-state index >= 15 is 0 Å². The van der Waals surface area contributed by atoms with E-state index in [2.05, 4.69) is 0 Å². The van der Waals surface area contributed by atoms with Crippen molar-refractivity contribution in [2.75, 3.05) is 20.3 Å². The summed E-state index contributed by atoms with van der Waals surface area (Å²) in [7, 11) is 1.64. The molecule has 4 heteroatoms. The number of rotatable bonds is 7. The Morgan fingerprint density at radius 1 is 1.29 bits per heavy atom. The van der Waals surface area contributed by atoms with Gasteiger partial charge in [-0.1, -0.05) is 32.1 Å². The lowest BCUT2D eigenvalue weighted by molar-refractivity contribution is -0.146. The first kappa shape index (κ1) is 14.5. The predicted octanol–water partition coefficient (Wildman–Crippen LogP) is 1.86. The summed E-state index contributed by atoms with van der Waals surface area (Å²) in [6.07, 6.45) is 7.82. The third-order valence-corrected chi connectivity index (χ3v) is 3.35. The maximum atomic E-state index is 11.6. The molecule has 0 spiro atoms. The molecule has 17 heavy (non-hydrogen) atoms. The number of esters is 1. The number of carbonyl (C=O) groups excluding carboxylic acids is 1. The van der Waals surface area contributed by atoms with Crippen molar-refractivity contribution in [1.82, 2.24) is 0 Å². The maximum absolute atomic E-state index is 11.6. The van der Waals surface area contributed by atoms with E-state index in [1.807, 2.05) is 0 Å². The van der Waals surface area contributed by atoms with E-state index < -0.39 is 6.04 Å². The maximum Gasteiger partial charge on any atom is 0.322 e. The van der Waals surface area contributed by atoms with Crippen LogP contribution >= 0.6 is 0 Å². The molecule has 0 aromatic carbocycles. The van der Waals surface area contributed by atoms with Crippen LogP contribution in [0.5, 0.6) is 0 Å². The van der Waals surface area contributed by atoms with E-state index in [1.165, 1.54) is 32.1 Å². The molecule has 1 aliphatic carbocycles. The fourth-order valence-electron chi connectivity index (χ4n) is 2.36. The Labute approximate surface area is 104 Å². The van der Waals surface area contributed by atoms with Gasteiger partial charge in [0.05, 0.1) is 6.61 Å². The highest BCUT2D eigenvalue weighted by atomic mass is 16.5. The minimum Gasteiger partial charge on any atom is -0.464 e. The van der Waals surface area contributed by atoms with Gasteiger partial charge in [0.15, 0.2) is 0 Å². The van der Waals surface area contributed by atoms with Crippen molar-refractivity contribution in [2.24, 2.45) is 11.7 Å². The second kappa shape index (κ2) is 8.48. The standard InChI is InChI=1S/C13H25NO3/c1-16-8-5-9-17-13(15)12(14)10-11-6-3-2-4-7-11/h11-12H,2-10,14H2,1H3/t12-/m1/s1. The topological polar surface area (TPSA) is 61.5 Å². The van der Waals surface area contributed by atoms with Gasteiger partial charge in [-0.3, -0.25) is 4.79 Å². The summed E-state index contributed by atoms with van der Waals surface area (Å²) in [6, 6.07) is -0.444. The van der Waals surface area contributed by atoms with E-state index in [0.717, 1.165) is 12.8 Å². The first-order chi connectivity index (χ1) is 8.24. The zero-order chi connectivity index (χ0) is 12.5. The van der Waals surface area contributed by atoms with E-state index in [4.69, 9.17) is 15.2 Å². The van der Waals surface area contributed by atoms with Crippen LogP contribution in [-0.2, 0) is 14.3 Å². The van der Waals surface area contributed by atoms with Crippen LogP contribution in [0.4, 0.5) is 0 Å². The predicted molar refractivity (Wildman–Crippen MR) is 66.6 cm³/mol. The van der Waals surface area contributed by atoms with Gasteiger partial charge in [-0.2, -0.15) is 0 Å². The molecule has 0 amide bonds. The monoisotopic (exact) mass is 243 g/mol. The highest BCUT2D eigenvalue weighted by molar-refractivity contribution is 5.75. The molecule has 100 valence electrons. The van der Waals surface area contributed by atoms with Gasteiger partial charge in [0.25, 0.3) is 0 Å². The van der Waals surface area contributed by atoms with Crippen molar-refractivity contribution in [1.29, 1.82) is 0 Å². The number of hydrogen-bond acceptors (Lipinski definition) is 4. The van der Waals surface area contributed by atoms with E-state index in [1.54, 1.807) is 7.11 Å². The lowest BCUT2D eigenvalue weighted by Gasteiger charge is -2.23. The van der Waals surface area contributed by atoms with Crippen LogP contribution in [0.2, 0.25) is 0 Å². The highest BCUT2D eigenvalue weighted by Crippen LogP contribution is 2.27. The van der Waals surface area contributed by atoms with E-state index in [-0.39, 0.29) is 5.97 Å². The Hall–Kier alpha value is -0.610. The van der Waals surface area contributed by atoms with Crippen LogP contribution in [0.1, 0.15) is 44.9 Å². The SMILES string of the molecule is COCCCOC(=O)[C@H](N)CC1CCCCC1. The summed E-state index contributed by atoms with van der Waals surface area (Å²) in [5.41, 5.74) is 5.86. The molecular weight excluding hydrogens is 218 g/mol. The van der Waals surface area contributed by atoms with E-state index in [0.29, 0.717) is 19.1 Å². The third-order valence-electron chi connectivity index (χ3n) is 3.35. The van der Waals surface area contributed by atoms with Crippen molar-refractivity contribution < 1.29 is 14.3 Å². The molecule has 0 bridgehead atoms. The fourth-order valence-corrected chi connectivity index (χ4v) is 2.36. The van der Waals surface area contributed by atoms with Crippen molar-refractivity contribution in [2.45, 2.75) is 51.0 Å². The summed E-state index contributed by atoms with van der Waals surface area (Å²) >= 11 is 0. The van der Waals surface area contributed by atoms with Crippen LogP contribution in [0.3, 0.4) is 0 Å². The number of methoxy groups -OCH3 is 1. The van der Waals surface area contributed by atoms with Crippen LogP contribution < -0.4 is 5.73 Å². The van der Waals surface area contributed by atoms with Crippen molar-refractivity contribution in [3.8, 4) is 0 Å². The summed E-state index contributed by atoms with van der Waals surface area (Å²) in [4.78, 5) is 11.6. The van der Waals surface area contributed by atoms with Crippen LogP contribution in [0.25, 0.3) is 0 Å². The van der Waals surface area contributed by atoms with Gasteiger partial charge in [0, 0.05) is 20.1 Å². The highest BCUT2D eigenvalue weighted by Gasteiger charge is 2.22. The van der Waals surface area contributed by atoms with Gasteiger partial charge in [-0.05, 0) is 12.3 Å². The van der Waals surface area contributed by atoms with Crippen LogP contribution in [0, 0.1) is 5.92 Å². The zero-order valence-corrected chi connectivity index (χ0v) is 10.8. The molecular formula is C13H25NO3. The smallest absolute Gasteiger partial charge is 0.322 e. The van der Waals surface area contributed by atoms with E-state index in [9.17, 15) is 4.79 Å². The minimum atomic E-state index is -0.444. The Morgan fingerprint density at radius 2 is 2.00 bits per heavy atom. The van der Waals surface area contributed by atoms with Gasteiger partial charge in [-0.15, -0.1) is 0 Å². The van der Waals surface area contributed by atoms with Gasteiger partial charge >= 0.3 is 5.97 Å². The van der Waals surface area contributed by atoms with Gasteiger partial charge in [-0.25, -0.2) is 0 Å². The summed E-state index contributed by atoms with van der Waals surface area (Å²) in [5, 5.41) is 0. The molecule has 4 nitrogen and oxygen atoms in total. The molecule has 1 saturated carbocycles. The average molecular weight is 243 g/mol. The molecule has 2 N–H and O–H groups in total. The lowest BCUT2D eigenvalue weighted by atomic mass is 9.85. The third kappa shape index (κ3) is 6.03. The molecule has 0 aliphatic heterocycles. The average Bonchev–Trinajstić information content (AvgIpc) is 2.35. The van der Waals surface area contributed by atoms with Crippen molar-refractivity contribution in [3.63, 3.8) is 0 Å². The Bertz CT molecular complexity index is 215. The lowest BCUT2D eigenvalue weighted by Crippen LogP contribution is -2.35. The molecule has 1 atom stereocenters. The summed E-state index contributed by atoms with van der Waals surface area (Å²) in [5.74, 6) is 0.358. The summed E-state index contributed by atoms with van der Waals surface area (Å²) < 4.78 is 9.99. The molecule has 0 aromatic rings. The second-order valence-electron chi connectivity index (χ2n) is 4.86. The van der Waals surface area contributed by atoms with Gasteiger partial charge < -0.3 is 15.2 Å². The molecule has 0 heterocycles. The van der Waals surface area contributed by atoms with Crippen LogP contribution in [-0.4, -0.2) is 32.3 Å². The Balaban J connectivity index is 2.12. The largest absolute Gasteiger partial charge is 0.464 e.